The van der Waals surface area contributed by atoms with Crippen molar-refractivity contribution in [1.29, 1.82) is 0 Å². The molecule has 25 heavy (non-hydrogen) atoms. The van der Waals surface area contributed by atoms with E-state index in [1.54, 1.807) is 0 Å². The van der Waals surface area contributed by atoms with Gasteiger partial charge in [-0.25, -0.2) is 4.79 Å². The molecule has 6 nitrogen and oxygen atoms in total. The average molecular weight is 353 g/mol. The van der Waals surface area contributed by atoms with Gasteiger partial charge in [0.15, 0.2) is 0 Å². The van der Waals surface area contributed by atoms with Gasteiger partial charge in [-0.3, -0.25) is 4.90 Å². The second-order valence-corrected chi connectivity index (χ2v) is 8.48. The zero-order valence-corrected chi connectivity index (χ0v) is 16.5. The van der Waals surface area contributed by atoms with E-state index in [1.807, 2.05) is 4.90 Å². The normalized spacial score (nSPS) is 26.0. The summed E-state index contributed by atoms with van der Waals surface area (Å²) in [6.45, 7) is 17.0. The van der Waals surface area contributed by atoms with E-state index in [0.717, 1.165) is 65.2 Å². The van der Waals surface area contributed by atoms with Gasteiger partial charge >= 0.3 is 6.03 Å². The number of amides is 2. The largest absolute Gasteiger partial charge is 0.371 e. The van der Waals surface area contributed by atoms with E-state index in [9.17, 15) is 4.79 Å². The second-order valence-electron chi connectivity index (χ2n) is 8.48. The molecule has 3 rings (SSSR count). The predicted molar refractivity (Wildman–Crippen MR) is 99.9 cm³/mol. The quantitative estimate of drug-likeness (QED) is 0.758. The van der Waals surface area contributed by atoms with E-state index in [0.29, 0.717) is 18.7 Å². The number of piperidine rings is 1. The van der Waals surface area contributed by atoms with E-state index in [2.05, 4.69) is 42.4 Å². The molecule has 6 heteroatoms. The predicted octanol–water partition coefficient (Wildman–Crippen LogP) is 1.71. The molecule has 0 atom stereocenters. The molecule has 0 saturated carbocycles. The average Bonchev–Trinajstić information content (AvgIpc) is 2.61. The fraction of sp³-hybridized carbons (Fsp3) is 0.947. The lowest BCUT2D eigenvalue weighted by molar-refractivity contribution is -0.130. The maximum atomic E-state index is 13.0. The van der Waals surface area contributed by atoms with Crippen LogP contribution in [0, 0.1) is 0 Å². The van der Waals surface area contributed by atoms with Gasteiger partial charge in [0.1, 0.15) is 0 Å². The van der Waals surface area contributed by atoms with Crippen LogP contribution in [-0.2, 0) is 4.74 Å². The summed E-state index contributed by atoms with van der Waals surface area (Å²) in [6.07, 6.45) is 2.08. The minimum atomic E-state index is -0.112. The van der Waals surface area contributed by atoms with Gasteiger partial charge in [0.25, 0.3) is 0 Å². The van der Waals surface area contributed by atoms with Crippen molar-refractivity contribution in [1.82, 2.24) is 19.6 Å². The molecule has 0 radical (unpaired) electrons. The molecule has 3 aliphatic rings. The van der Waals surface area contributed by atoms with Crippen molar-refractivity contribution in [2.45, 2.75) is 58.2 Å². The van der Waals surface area contributed by atoms with E-state index in [1.165, 1.54) is 0 Å². The number of piperazine rings is 1. The fourth-order valence-electron chi connectivity index (χ4n) is 4.39. The zero-order chi connectivity index (χ0) is 18.0. The van der Waals surface area contributed by atoms with Gasteiger partial charge < -0.3 is 19.4 Å². The Morgan fingerprint density at radius 1 is 0.800 bits per heavy atom. The van der Waals surface area contributed by atoms with E-state index in [4.69, 9.17) is 4.74 Å². The van der Waals surface area contributed by atoms with Crippen molar-refractivity contribution >= 4 is 6.03 Å². The highest BCUT2D eigenvalue weighted by molar-refractivity contribution is 5.74. The standard InChI is InChI=1S/C19H36N4O2/c1-16(2)20-7-5-19(6-8-20)15-23(13-14-25-19)18(24)22-11-9-21(10-12-22)17(3)4/h16-17H,5-15H2,1-4H3. The summed E-state index contributed by atoms with van der Waals surface area (Å²) >= 11 is 0. The second kappa shape index (κ2) is 7.80. The van der Waals surface area contributed by atoms with Crippen molar-refractivity contribution in [2.24, 2.45) is 0 Å². The number of nitrogens with zero attached hydrogens (tertiary/aromatic N) is 4. The molecule has 0 aromatic rings. The van der Waals surface area contributed by atoms with Crippen LogP contribution in [0.25, 0.3) is 0 Å². The van der Waals surface area contributed by atoms with Crippen LogP contribution in [0.4, 0.5) is 4.79 Å². The number of rotatable bonds is 2. The van der Waals surface area contributed by atoms with Crippen molar-refractivity contribution in [3.63, 3.8) is 0 Å². The molecule has 2 amide bonds. The van der Waals surface area contributed by atoms with Crippen LogP contribution in [0.3, 0.4) is 0 Å². The minimum absolute atomic E-state index is 0.112. The number of carbonyl (C=O) groups is 1. The van der Waals surface area contributed by atoms with Crippen LogP contribution in [0.5, 0.6) is 0 Å². The van der Waals surface area contributed by atoms with Crippen LogP contribution in [0.15, 0.2) is 0 Å². The van der Waals surface area contributed by atoms with Gasteiger partial charge in [-0.2, -0.15) is 0 Å². The minimum Gasteiger partial charge on any atom is -0.371 e. The van der Waals surface area contributed by atoms with Crippen LogP contribution in [0.1, 0.15) is 40.5 Å². The summed E-state index contributed by atoms with van der Waals surface area (Å²) in [5.41, 5.74) is -0.112. The Bertz CT molecular complexity index is 452. The molecule has 1 spiro atoms. The molecule has 3 fully saturated rings. The van der Waals surface area contributed by atoms with Crippen molar-refractivity contribution in [3.05, 3.63) is 0 Å². The van der Waals surface area contributed by atoms with Gasteiger partial charge in [0, 0.05) is 57.9 Å². The lowest BCUT2D eigenvalue weighted by atomic mass is 9.89. The first-order valence-corrected chi connectivity index (χ1v) is 10.1. The molecule has 3 saturated heterocycles. The first-order valence-electron chi connectivity index (χ1n) is 10.1. The SMILES string of the molecule is CC(C)N1CCN(C(=O)N2CCOC3(CCN(C(C)C)CC3)C2)CC1. The smallest absolute Gasteiger partial charge is 0.320 e. The molecule has 0 N–H and O–H groups in total. The van der Waals surface area contributed by atoms with Crippen LogP contribution < -0.4 is 0 Å². The highest BCUT2D eigenvalue weighted by atomic mass is 16.5. The Hall–Kier alpha value is -0.850. The lowest BCUT2D eigenvalue weighted by Gasteiger charge is -2.49. The number of likely N-dealkylation sites (tertiary alicyclic amines) is 1. The third kappa shape index (κ3) is 4.29. The first kappa shape index (κ1) is 18.9. The summed E-state index contributed by atoms with van der Waals surface area (Å²) < 4.78 is 6.20. The van der Waals surface area contributed by atoms with Crippen molar-refractivity contribution < 1.29 is 9.53 Å². The number of ether oxygens (including phenoxy) is 1. The molecule has 3 aliphatic heterocycles. The third-order valence-electron chi connectivity index (χ3n) is 6.27. The Balaban J connectivity index is 1.54. The Morgan fingerprint density at radius 2 is 1.36 bits per heavy atom. The lowest BCUT2D eigenvalue weighted by Crippen LogP contribution is -2.62. The molecular formula is C19H36N4O2. The Labute approximate surface area is 153 Å². The van der Waals surface area contributed by atoms with Gasteiger partial charge in [-0.15, -0.1) is 0 Å². The van der Waals surface area contributed by atoms with E-state index < -0.39 is 0 Å². The third-order valence-corrected chi connectivity index (χ3v) is 6.27. The van der Waals surface area contributed by atoms with Crippen LogP contribution in [-0.4, -0.2) is 102 Å². The molecule has 0 aromatic heterocycles. The highest BCUT2D eigenvalue weighted by Gasteiger charge is 2.42. The summed E-state index contributed by atoms with van der Waals surface area (Å²) in [5, 5.41) is 0. The summed E-state index contributed by atoms with van der Waals surface area (Å²) in [7, 11) is 0. The zero-order valence-electron chi connectivity index (χ0n) is 16.5. The van der Waals surface area contributed by atoms with Crippen LogP contribution >= 0.6 is 0 Å². The molecular weight excluding hydrogens is 316 g/mol. The van der Waals surface area contributed by atoms with Crippen molar-refractivity contribution in [3.8, 4) is 0 Å². The maximum Gasteiger partial charge on any atom is 0.320 e. The molecule has 0 aromatic carbocycles. The summed E-state index contributed by atoms with van der Waals surface area (Å²) in [4.78, 5) is 22.1. The molecule has 3 heterocycles. The molecule has 0 unspecified atom stereocenters. The molecule has 0 aliphatic carbocycles. The number of hydrogen-bond acceptors (Lipinski definition) is 4. The number of hydrogen-bond donors (Lipinski definition) is 0. The first-order chi connectivity index (χ1) is 11.9. The number of carbonyl (C=O) groups excluding carboxylic acids is 1. The number of morpholine rings is 1. The van der Waals surface area contributed by atoms with E-state index in [-0.39, 0.29) is 11.6 Å². The maximum absolute atomic E-state index is 13.0. The Kier molecular flexibility index (Phi) is 5.91. The van der Waals surface area contributed by atoms with Gasteiger partial charge in [-0.05, 0) is 40.5 Å². The van der Waals surface area contributed by atoms with Gasteiger partial charge in [0.2, 0.25) is 0 Å². The van der Waals surface area contributed by atoms with Crippen LogP contribution in [0.2, 0.25) is 0 Å². The van der Waals surface area contributed by atoms with Gasteiger partial charge in [-0.1, -0.05) is 0 Å². The van der Waals surface area contributed by atoms with Gasteiger partial charge in [0.05, 0.1) is 18.8 Å². The van der Waals surface area contributed by atoms with Crippen molar-refractivity contribution in [2.75, 3.05) is 59.0 Å². The highest BCUT2D eigenvalue weighted by Crippen LogP contribution is 2.31. The Morgan fingerprint density at radius 3 is 1.92 bits per heavy atom. The topological polar surface area (TPSA) is 39.3 Å². The molecule has 144 valence electrons. The van der Waals surface area contributed by atoms with E-state index >= 15 is 0 Å². The molecule has 0 bridgehead atoms. The fourth-order valence-corrected chi connectivity index (χ4v) is 4.39. The number of urea groups is 1. The monoisotopic (exact) mass is 352 g/mol. The summed E-state index contributed by atoms with van der Waals surface area (Å²) in [5.74, 6) is 0. The summed E-state index contributed by atoms with van der Waals surface area (Å²) in [6, 6.07) is 1.38.